The lowest BCUT2D eigenvalue weighted by Crippen LogP contribution is -3.00. The van der Waals surface area contributed by atoms with Crippen molar-refractivity contribution in [1.82, 2.24) is 0 Å². The molecule has 0 aromatic carbocycles. The van der Waals surface area contributed by atoms with Gasteiger partial charge in [0.1, 0.15) is 20.3 Å². The Balaban J connectivity index is 0. The van der Waals surface area contributed by atoms with Crippen LogP contribution in [0.5, 0.6) is 0 Å². The van der Waals surface area contributed by atoms with Gasteiger partial charge in [0.05, 0.1) is 0 Å². The van der Waals surface area contributed by atoms with E-state index < -0.39 is 0 Å². The minimum atomic E-state index is -0.377. The first-order chi connectivity index (χ1) is 5.39. The molecule has 0 unspecified atom stereocenters. The average Bonchev–Trinajstić information content (AvgIpc) is 1.85. The second-order valence-corrected chi connectivity index (χ2v) is 3.08. The molecule has 76 valence electrons. The molecule has 0 radical (unpaired) electrons. The van der Waals surface area contributed by atoms with Crippen molar-refractivity contribution in [2.45, 2.75) is 13.8 Å². The molecule has 0 bridgehead atoms. The van der Waals surface area contributed by atoms with Crippen molar-refractivity contribution in [3.8, 4) is 0 Å². The highest BCUT2D eigenvalue weighted by molar-refractivity contribution is 5.86. The van der Waals surface area contributed by atoms with Crippen LogP contribution >= 0.6 is 0 Å². The van der Waals surface area contributed by atoms with Crippen LogP contribution in [0.1, 0.15) is 13.8 Å². The van der Waals surface area contributed by atoms with E-state index in [2.05, 4.69) is 6.58 Å². The fraction of sp³-hybridized carbons (Fsp3) is 0.444. The Morgan fingerprint density at radius 1 is 1.46 bits per heavy atom. The highest BCUT2D eigenvalue weighted by atomic mass is 35.5. The lowest BCUT2D eigenvalue weighted by atomic mass is 10.4. The summed E-state index contributed by atoms with van der Waals surface area (Å²) in [6.07, 6.45) is 3.59. The zero-order valence-corrected chi connectivity index (χ0v) is 9.26. The van der Waals surface area contributed by atoms with E-state index in [9.17, 15) is 4.79 Å². The van der Waals surface area contributed by atoms with Gasteiger partial charge in [0.2, 0.25) is 0 Å². The van der Waals surface area contributed by atoms with Crippen LogP contribution in [0.2, 0.25) is 0 Å². The minimum Gasteiger partial charge on any atom is -1.00 e. The monoisotopic (exact) mass is 205 g/mol. The molecule has 0 rings (SSSR count). The molecule has 0 aliphatic heterocycles. The van der Waals surface area contributed by atoms with Crippen LogP contribution in [0.3, 0.4) is 0 Å². The van der Waals surface area contributed by atoms with E-state index in [4.69, 9.17) is 4.84 Å². The zero-order chi connectivity index (χ0) is 9.78. The molecular weight excluding hydrogens is 190 g/mol. The topological polar surface area (TPSA) is 26.3 Å². The van der Waals surface area contributed by atoms with Crippen LogP contribution < -0.4 is 12.4 Å². The van der Waals surface area contributed by atoms with Crippen molar-refractivity contribution < 1.29 is 26.7 Å². The van der Waals surface area contributed by atoms with Gasteiger partial charge in [-0.2, -0.15) is 0 Å². The predicted molar refractivity (Wildman–Crippen MR) is 47.8 cm³/mol. The first kappa shape index (κ1) is 14.7. The van der Waals surface area contributed by atoms with Gasteiger partial charge >= 0.3 is 5.97 Å². The van der Waals surface area contributed by atoms with E-state index in [-0.39, 0.29) is 23.0 Å². The number of halogens is 1. The predicted octanol–water partition coefficient (Wildman–Crippen LogP) is -1.37. The second-order valence-electron chi connectivity index (χ2n) is 3.08. The molecule has 0 saturated heterocycles. The Morgan fingerprint density at radius 2 is 1.92 bits per heavy atom. The Hall–Kier alpha value is -0.800. The summed E-state index contributed by atoms with van der Waals surface area (Å²) in [6.45, 7) is 6.98. The number of hydroxylamine groups is 3. The molecule has 0 fully saturated rings. The van der Waals surface area contributed by atoms with Gasteiger partial charge in [-0.05, 0) is 19.9 Å². The number of carbonyl (C=O) groups is 1. The smallest absolute Gasteiger partial charge is 0.393 e. The van der Waals surface area contributed by atoms with Gasteiger partial charge < -0.3 is 12.4 Å². The summed E-state index contributed by atoms with van der Waals surface area (Å²) in [6, 6.07) is 0. The third-order valence-electron chi connectivity index (χ3n) is 1.17. The molecule has 3 nitrogen and oxygen atoms in total. The summed E-state index contributed by atoms with van der Waals surface area (Å²) in [5.41, 5.74) is 0.408. The fourth-order valence-electron chi connectivity index (χ4n) is 0.681. The highest BCUT2D eigenvalue weighted by Gasteiger charge is 2.18. The quantitative estimate of drug-likeness (QED) is 0.323. The van der Waals surface area contributed by atoms with Crippen molar-refractivity contribution in [3.63, 3.8) is 0 Å². The fourth-order valence-corrected chi connectivity index (χ4v) is 0.681. The summed E-state index contributed by atoms with van der Waals surface area (Å²) in [4.78, 5) is 16.1. The number of allylic oxidation sites excluding steroid dienone is 1. The van der Waals surface area contributed by atoms with E-state index in [1.165, 1.54) is 0 Å². The number of carbonyl (C=O) groups excluding carboxylic acids is 1. The van der Waals surface area contributed by atoms with E-state index in [0.29, 0.717) is 5.57 Å². The normalized spacial score (nSPS) is 10.8. The Labute approximate surface area is 85.6 Å². The molecule has 13 heavy (non-hydrogen) atoms. The lowest BCUT2D eigenvalue weighted by Gasteiger charge is -2.20. The van der Waals surface area contributed by atoms with E-state index >= 15 is 0 Å². The summed E-state index contributed by atoms with van der Waals surface area (Å²) in [5, 5.41) is 0. The van der Waals surface area contributed by atoms with Crippen LogP contribution in [0.4, 0.5) is 0 Å². The summed E-state index contributed by atoms with van der Waals surface area (Å²) >= 11 is 0. The Morgan fingerprint density at radius 3 is 2.23 bits per heavy atom. The third kappa shape index (κ3) is 6.37. The van der Waals surface area contributed by atoms with E-state index in [1.54, 1.807) is 27.2 Å². The van der Waals surface area contributed by atoms with Gasteiger partial charge in [-0.25, -0.2) is 4.79 Å². The molecule has 0 N–H and O–H groups in total. The number of rotatable bonds is 3. The summed E-state index contributed by atoms with van der Waals surface area (Å²) in [5.74, 6) is -0.377. The largest absolute Gasteiger partial charge is 1.00 e. The molecule has 0 atom stereocenters. The number of hydrogen-bond acceptors (Lipinski definition) is 2. The van der Waals surface area contributed by atoms with Crippen molar-refractivity contribution in [1.29, 1.82) is 0 Å². The van der Waals surface area contributed by atoms with Crippen LogP contribution in [-0.4, -0.2) is 24.7 Å². The van der Waals surface area contributed by atoms with Crippen LogP contribution in [0.15, 0.2) is 24.4 Å². The maximum atomic E-state index is 11.1. The molecule has 0 saturated carbocycles. The van der Waals surface area contributed by atoms with Gasteiger partial charge in [-0.15, -0.1) is 4.65 Å². The average molecular weight is 206 g/mol. The SMILES string of the molecule is C=C(C)C(=O)O[N+](C)(C)C=CC.[Cl-]. The van der Waals surface area contributed by atoms with Crippen LogP contribution in [0.25, 0.3) is 0 Å². The molecule has 0 aliphatic carbocycles. The summed E-state index contributed by atoms with van der Waals surface area (Å²) < 4.78 is 0.0855. The molecule has 0 aromatic rings. The standard InChI is InChI=1S/C9H16NO2.ClH/c1-6-7-10(4,5)12-9(11)8(2)3;/h6-7H,2H2,1,3-5H3;1H/q+1;/p-1. The van der Waals surface area contributed by atoms with Crippen molar-refractivity contribution >= 4 is 5.97 Å². The lowest BCUT2D eigenvalue weighted by molar-refractivity contribution is -1.02. The highest BCUT2D eigenvalue weighted by Crippen LogP contribution is 2.04. The van der Waals surface area contributed by atoms with Crippen molar-refractivity contribution in [2.75, 3.05) is 14.1 Å². The molecule has 0 amide bonds. The van der Waals surface area contributed by atoms with Crippen molar-refractivity contribution in [3.05, 3.63) is 24.4 Å². The van der Waals surface area contributed by atoms with E-state index in [1.807, 2.05) is 13.0 Å². The molecule has 0 heterocycles. The van der Waals surface area contributed by atoms with Gasteiger partial charge in [0.25, 0.3) is 0 Å². The first-order valence-electron chi connectivity index (χ1n) is 3.76. The second kappa shape index (κ2) is 5.78. The van der Waals surface area contributed by atoms with Gasteiger partial charge in [-0.3, -0.25) is 4.84 Å². The third-order valence-corrected chi connectivity index (χ3v) is 1.17. The van der Waals surface area contributed by atoms with E-state index in [0.717, 1.165) is 0 Å². The van der Waals surface area contributed by atoms with Crippen molar-refractivity contribution in [2.24, 2.45) is 0 Å². The van der Waals surface area contributed by atoms with Crippen LogP contribution in [-0.2, 0) is 9.63 Å². The molecule has 0 aromatic heterocycles. The number of nitrogens with zero attached hydrogens (tertiary/aromatic N) is 1. The maximum absolute atomic E-state index is 11.1. The zero-order valence-electron chi connectivity index (χ0n) is 8.50. The molecule has 0 aliphatic rings. The summed E-state index contributed by atoms with van der Waals surface area (Å²) in [7, 11) is 3.53. The molecule has 4 heteroatoms. The minimum absolute atomic E-state index is 0. The Kier molecular flexibility index (Phi) is 6.54. The van der Waals surface area contributed by atoms with Crippen LogP contribution in [0, 0.1) is 0 Å². The first-order valence-corrected chi connectivity index (χ1v) is 3.76. The van der Waals surface area contributed by atoms with Gasteiger partial charge in [0, 0.05) is 5.57 Å². The maximum Gasteiger partial charge on any atom is 0.393 e. The molecular formula is C9H16ClNO2. The van der Waals surface area contributed by atoms with Gasteiger partial charge in [-0.1, -0.05) is 6.58 Å². The number of hydrogen-bond donors (Lipinski definition) is 0. The van der Waals surface area contributed by atoms with Gasteiger partial charge in [0.15, 0.2) is 0 Å². The molecule has 0 spiro atoms. The number of quaternary nitrogens is 1. The Bertz CT molecular complexity index is 222.